The van der Waals surface area contributed by atoms with Gasteiger partial charge in [0.1, 0.15) is 5.82 Å². The van der Waals surface area contributed by atoms with Crippen LogP contribution in [0.2, 0.25) is 0 Å². The van der Waals surface area contributed by atoms with Gasteiger partial charge in [0.15, 0.2) is 11.6 Å². The highest BCUT2D eigenvalue weighted by atomic mass is 19.2. The molecule has 0 saturated heterocycles. The van der Waals surface area contributed by atoms with Crippen LogP contribution in [0.1, 0.15) is 19.8 Å². The molecule has 96 valence electrons. The SMILES string of the molecule is CCCCOCCNc1cc(F)c(F)cc1F. The number of rotatable bonds is 7. The number of halogens is 3. The summed E-state index contributed by atoms with van der Waals surface area (Å²) in [6, 6.07) is 1.33. The summed E-state index contributed by atoms with van der Waals surface area (Å²) >= 11 is 0. The van der Waals surface area contributed by atoms with Crippen molar-refractivity contribution in [3.8, 4) is 0 Å². The van der Waals surface area contributed by atoms with Crippen LogP contribution in [0.15, 0.2) is 12.1 Å². The molecule has 1 N–H and O–H groups in total. The van der Waals surface area contributed by atoms with E-state index in [1.807, 2.05) is 0 Å². The Morgan fingerprint density at radius 3 is 2.47 bits per heavy atom. The molecule has 0 unspecified atom stereocenters. The highest BCUT2D eigenvalue weighted by Gasteiger charge is 2.08. The summed E-state index contributed by atoms with van der Waals surface area (Å²) in [5.41, 5.74) is -0.0528. The number of hydrogen-bond acceptors (Lipinski definition) is 2. The third-order valence-corrected chi connectivity index (χ3v) is 2.21. The second kappa shape index (κ2) is 7.17. The van der Waals surface area contributed by atoms with Gasteiger partial charge in [-0.3, -0.25) is 0 Å². The van der Waals surface area contributed by atoms with Crippen molar-refractivity contribution in [2.45, 2.75) is 19.8 Å². The minimum Gasteiger partial charge on any atom is -0.380 e. The number of benzene rings is 1. The number of hydrogen-bond donors (Lipinski definition) is 1. The fraction of sp³-hybridized carbons (Fsp3) is 0.500. The second-order valence-corrected chi connectivity index (χ2v) is 3.64. The van der Waals surface area contributed by atoms with Gasteiger partial charge in [0, 0.05) is 25.3 Å². The summed E-state index contributed by atoms with van der Waals surface area (Å²) < 4.78 is 43.8. The van der Waals surface area contributed by atoms with Crippen LogP contribution in [0.4, 0.5) is 18.9 Å². The van der Waals surface area contributed by atoms with Gasteiger partial charge in [-0.15, -0.1) is 0 Å². The Morgan fingerprint density at radius 1 is 1.06 bits per heavy atom. The number of nitrogens with one attached hydrogen (secondary N) is 1. The first-order valence-electron chi connectivity index (χ1n) is 5.61. The van der Waals surface area contributed by atoms with Crippen LogP contribution in [0.3, 0.4) is 0 Å². The van der Waals surface area contributed by atoms with Crippen molar-refractivity contribution >= 4 is 5.69 Å². The molecular weight excluding hydrogens is 231 g/mol. The zero-order valence-electron chi connectivity index (χ0n) is 9.73. The highest BCUT2D eigenvalue weighted by Crippen LogP contribution is 2.17. The maximum Gasteiger partial charge on any atom is 0.161 e. The van der Waals surface area contributed by atoms with E-state index in [1.165, 1.54) is 0 Å². The second-order valence-electron chi connectivity index (χ2n) is 3.64. The van der Waals surface area contributed by atoms with Gasteiger partial charge in [-0.2, -0.15) is 0 Å². The molecule has 0 radical (unpaired) electrons. The zero-order chi connectivity index (χ0) is 12.7. The van der Waals surface area contributed by atoms with E-state index in [4.69, 9.17) is 4.74 Å². The molecule has 0 amide bonds. The molecule has 0 aliphatic heterocycles. The standard InChI is InChI=1S/C12H16F3NO/c1-2-3-5-17-6-4-16-12-8-10(14)9(13)7-11(12)15/h7-8,16H,2-6H2,1H3. The van der Waals surface area contributed by atoms with Crippen LogP contribution in [0.5, 0.6) is 0 Å². The molecule has 1 aromatic rings. The molecule has 0 aliphatic rings. The van der Waals surface area contributed by atoms with Gasteiger partial charge < -0.3 is 10.1 Å². The first-order chi connectivity index (χ1) is 8.15. The zero-order valence-corrected chi connectivity index (χ0v) is 9.73. The van der Waals surface area contributed by atoms with Gasteiger partial charge in [-0.1, -0.05) is 13.3 Å². The number of ether oxygens (including phenoxy) is 1. The van der Waals surface area contributed by atoms with Gasteiger partial charge in [0.25, 0.3) is 0 Å². The van der Waals surface area contributed by atoms with E-state index >= 15 is 0 Å². The Balaban J connectivity index is 2.34. The van der Waals surface area contributed by atoms with Gasteiger partial charge >= 0.3 is 0 Å². The van der Waals surface area contributed by atoms with E-state index in [0.717, 1.165) is 18.9 Å². The Labute approximate surface area is 98.8 Å². The van der Waals surface area contributed by atoms with Gasteiger partial charge in [0.2, 0.25) is 0 Å². The van der Waals surface area contributed by atoms with Crippen molar-refractivity contribution in [2.75, 3.05) is 25.1 Å². The van der Waals surface area contributed by atoms with Crippen molar-refractivity contribution in [3.63, 3.8) is 0 Å². The summed E-state index contributed by atoms with van der Waals surface area (Å²) in [6.07, 6.45) is 2.02. The molecule has 2 nitrogen and oxygen atoms in total. The van der Waals surface area contributed by atoms with E-state index < -0.39 is 17.5 Å². The van der Waals surface area contributed by atoms with Gasteiger partial charge in [-0.05, 0) is 6.42 Å². The molecule has 5 heteroatoms. The molecule has 1 aromatic carbocycles. The average molecular weight is 247 g/mol. The molecule has 17 heavy (non-hydrogen) atoms. The van der Waals surface area contributed by atoms with Gasteiger partial charge in [-0.25, -0.2) is 13.2 Å². The van der Waals surface area contributed by atoms with Crippen molar-refractivity contribution in [2.24, 2.45) is 0 Å². The molecule has 0 aromatic heterocycles. The Kier molecular flexibility index (Phi) is 5.83. The lowest BCUT2D eigenvalue weighted by molar-refractivity contribution is 0.141. The molecule has 0 saturated carbocycles. The molecule has 0 spiro atoms. The lowest BCUT2D eigenvalue weighted by Gasteiger charge is -2.08. The molecule has 0 fully saturated rings. The van der Waals surface area contributed by atoms with E-state index in [2.05, 4.69) is 12.2 Å². The fourth-order valence-corrected chi connectivity index (χ4v) is 1.26. The van der Waals surface area contributed by atoms with Crippen LogP contribution in [0.25, 0.3) is 0 Å². The van der Waals surface area contributed by atoms with Crippen molar-refractivity contribution < 1.29 is 17.9 Å². The van der Waals surface area contributed by atoms with Gasteiger partial charge in [0.05, 0.1) is 12.3 Å². The van der Waals surface area contributed by atoms with E-state index in [1.54, 1.807) is 0 Å². The first kappa shape index (κ1) is 13.8. The largest absolute Gasteiger partial charge is 0.380 e. The normalized spacial score (nSPS) is 10.6. The summed E-state index contributed by atoms with van der Waals surface area (Å²) in [5.74, 6) is -3.06. The van der Waals surface area contributed by atoms with Crippen molar-refractivity contribution in [1.29, 1.82) is 0 Å². The van der Waals surface area contributed by atoms with Crippen LogP contribution in [-0.4, -0.2) is 19.8 Å². The Morgan fingerprint density at radius 2 is 1.76 bits per heavy atom. The lowest BCUT2D eigenvalue weighted by Crippen LogP contribution is -2.11. The lowest BCUT2D eigenvalue weighted by atomic mass is 10.3. The van der Waals surface area contributed by atoms with E-state index in [9.17, 15) is 13.2 Å². The molecule has 1 rings (SSSR count). The number of unbranched alkanes of at least 4 members (excludes halogenated alkanes) is 1. The third-order valence-electron chi connectivity index (χ3n) is 2.21. The molecule has 0 atom stereocenters. The highest BCUT2D eigenvalue weighted by molar-refractivity contribution is 5.45. The number of anilines is 1. The van der Waals surface area contributed by atoms with E-state index in [0.29, 0.717) is 25.8 Å². The van der Waals surface area contributed by atoms with E-state index in [-0.39, 0.29) is 5.69 Å². The first-order valence-corrected chi connectivity index (χ1v) is 5.61. The maximum absolute atomic E-state index is 13.2. The fourth-order valence-electron chi connectivity index (χ4n) is 1.26. The molecular formula is C12H16F3NO. The van der Waals surface area contributed by atoms with Crippen LogP contribution in [0, 0.1) is 17.5 Å². The molecule has 0 heterocycles. The minimum atomic E-state index is -1.19. The summed E-state index contributed by atoms with van der Waals surface area (Å²) in [5, 5.41) is 2.65. The van der Waals surface area contributed by atoms with Crippen LogP contribution in [-0.2, 0) is 4.74 Å². The Bertz CT molecular complexity index is 358. The monoisotopic (exact) mass is 247 g/mol. The summed E-state index contributed by atoms with van der Waals surface area (Å²) in [6.45, 7) is 3.46. The molecule has 0 aliphatic carbocycles. The quantitative estimate of drug-likeness (QED) is 0.589. The van der Waals surface area contributed by atoms with Crippen LogP contribution >= 0.6 is 0 Å². The van der Waals surface area contributed by atoms with Crippen LogP contribution < -0.4 is 5.32 Å². The van der Waals surface area contributed by atoms with Crippen molar-refractivity contribution in [1.82, 2.24) is 0 Å². The predicted molar refractivity (Wildman–Crippen MR) is 60.5 cm³/mol. The minimum absolute atomic E-state index is 0.0528. The average Bonchev–Trinajstić information content (AvgIpc) is 2.30. The smallest absolute Gasteiger partial charge is 0.161 e. The topological polar surface area (TPSA) is 21.3 Å². The predicted octanol–water partition coefficient (Wildman–Crippen LogP) is 3.33. The van der Waals surface area contributed by atoms with Crippen molar-refractivity contribution in [3.05, 3.63) is 29.6 Å². The molecule has 0 bridgehead atoms. The maximum atomic E-state index is 13.2. The summed E-state index contributed by atoms with van der Waals surface area (Å²) in [4.78, 5) is 0. The Hall–Kier alpha value is -1.23. The third kappa shape index (κ3) is 4.65. The summed E-state index contributed by atoms with van der Waals surface area (Å²) in [7, 11) is 0.